The number of nitrogens with one attached hydrogen (secondary N) is 4. The monoisotopic (exact) mass is 424 g/mol. The van der Waals surface area contributed by atoms with Crippen LogP contribution in [0.3, 0.4) is 0 Å². The molecule has 2 heterocycles. The molecule has 0 amide bonds. The molecule has 0 saturated carbocycles. The molecule has 8 heteroatoms. The highest BCUT2D eigenvalue weighted by Gasteiger charge is 2.37. The molecule has 2 aliphatic rings. The quantitative estimate of drug-likeness (QED) is 0.224. The molecule has 0 radical (unpaired) electrons. The first-order valence-corrected chi connectivity index (χ1v) is 11.6. The van der Waals surface area contributed by atoms with Crippen molar-refractivity contribution in [3.8, 4) is 0 Å². The van der Waals surface area contributed by atoms with Crippen molar-refractivity contribution in [2.45, 2.75) is 70.2 Å². The Kier molecular flexibility index (Phi) is 10.8. The predicted molar refractivity (Wildman–Crippen MR) is 122 cm³/mol. The standard InChI is InChI=1S/C22H44N6O2/c1-4-29-16-9-21(24-11-12-25-21)18-28(15-7-6-8-20(3)23)19-22(10-17-30-5-2)26-13-14-27-22/h11-14,20,24-27H,4-10,15-19,23H2,1-3H3. The summed E-state index contributed by atoms with van der Waals surface area (Å²) in [5.41, 5.74) is 5.54. The molecule has 0 aromatic rings. The Morgan fingerprint density at radius 3 is 1.70 bits per heavy atom. The van der Waals surface area contributed by atoms with Gasteiger partial charge in [-0.3, -0.25) is 4.90 Å². The van der Waals surface area contributed by atoms with E-state index >= 15 is 0 Å². The van der Waals surface area contributed by atoms with Gasteiger partial charge in [-0.1, -0.05) is 6.42 Å². The van der Waals surface area contributed by atoms with Crippen LogP contribution in [-0.2, 0) is 9.47 Å². The van der Waals surface area contributed by atoms with E-state index in [0.29, 0.717) is 0 Å². The van der Waals surface area contributed by atoms with E-state index in [1.807, 2.05) is 38.6 Å². The van der Waals surface area contributed by atoms with E-state index < -0.39 is 0 Å². The number of hydrogen-bond acceptors (Lipinski definition) is 8. The minimum Gasteiger partial charge on any atom is -0.382 e. The number of hydrogen-bond donors (Lipinski definition) is 5. The summed E-state index contributed by atoms with van der Waals surface area (Å²) in [6.45, 7) is 11.9. The third-order valence-electron chi connectivity index (χ3n) is 5.73. The molecule has 8 nitrogen and oxygen atoms in total. The third-order valence-corrected chi connectivity index (χ3v) is 5.73. The number of ether oxygens (including phenoxy) is 2. The largest absolute Gasteiger partial charge is 0.382 e. The van der Waals surface area contributed by atoms with E-state index in [-0.39, 0.29) is 17.4 Å². The normalized spacial score (nSPS) is 19.4. The van der Waals surface area contributed by atoms with E-state index in [0.717, 1.165) is 78.2 Å². The highest BCUT2D eigenvalue weighted by atomic mass is 16.5. The Hall–Kier alpha value is -1.48. The summed E-state index contributed by atoms with van der Waals surface area (Å²) in [6, 6.07) is 0.262. The highest BCUT2D eigenvalue weighted by molar-refractivity contribution is 5.07. The fraction of sp³-hybridized carbons (Fsp3) is 0.818. The van der Waals surface area contributed by atoms with E-state index in [1.165, 1.54) is 0 Å². The summed E-state index contributed by atoms with van der Waals surface area (Å²) < 4.78 is 11.3. The predicted octanol–water partition coefficient (Wildman–Crippen LogP) is 1.38. The van der Waals surface area contributed by atoms with E-state index in [2.05, 4.69) is 33.1 Å². The zero-order chi connectivity index (χ0) is 21.7. The summed E-state index contributed by atoms with van der Waals surface area (Å²) in [4.78, 5) is 2.54. The second-order valence-electron chi connectivity index (χ2n) is 8.49. The zero-order valence-corrected chi connectivity index (χ0v) is 19.2. The molecule has 30 heavy (non-hydrogen) atoms. The second-order valence-corrected chi connectivity index (χ2v) is 8.49. The highest BCUT2D eigenvalue weighted by Crippen LogP contribution is 2.19. The fourth-order valence-electron chi connectivity index (χ4n) is 4.08. The SMILES string of the molecule is CCOCCC1(CN(CCCCC(C)N)CC2(CCOCC)NC=CN2)NC=CN1. The molecule has 174 valence electrons. The van der Waals surface area contributed by atoms with Crippen molar-refractivity contribution in [1.82, 2.24) is 26.2 Å². The Labute approximate surface area is 183 Å². The van der Waals surface area contributed by atoms with Crippen molar-refractivity contribution in [2.75, 3.05) is 46.1 Å². The average Bonchev–Trinajstić information content (AvgIpc) is 3.36. The molecular formula is C22H44N6O2. The first-order valence-electron chi connectivity index (χ1n) is 11.6. The van der Waals surface area contributed by atoms with Crippen LogP contribution in [0.1, 0.15) is 52.9 Å². The first kappa shape index (κ1) is 24.8. The van der Waals surface area contributed by atoms with Crippen molar-refractivity contribution >= 4 is 0 Å². The van der Waals surface area contributed by atoms with Crippen LogP contribution in [0.5, 0.6) is 0 Å². The molecule has 0 fully saturated rings. The van der Waals surface area contributed by atoms with E-state index in [1.54, 1.807) is 0 Å². The zero-order valence-electron chi connectivity index (χ0n) is 19.2. The van der Waals surface area contributed by atoms with Crippen molar-refractivity contribution in [3.63, 3.8) is 0 Å². The first-order chi connectivity index (χ1) is 14.5. The molecule has 0 bridgehead atoms. The summed E-state index contributed by atoms with van der Waals surface area (Å²) in [5, 5.41) is 14.2. The number of nitrogens with zero attached hydrogens (tertiary/aromatic N) is 1. The molecule has 2 rings (SSSR count). The van der Waals surface area contributed by atoms with Gasteiger partial charge in [-0.15, -0.1) is 0 Å². The molecular weight excluding hydrogens is 380 g/mol. The molecule has 0 aromatic carbocycles. The summed E-state index contributed by atoms with van der Waals surface area (Å²) in [7, 11) is 0. The van der Waals surface area contributed by atoms with Crippen LogP contribution in [0.4, 0.5) is 0 Å². The summed E-state index contributed by atoms with van der Waals surface area (Å²) >= 11 is 0. The Morgan fingerprint density at radius 2 is 1.30 bits per heavy atom. The van der Waals surface area contributed by atoms with Gasteiger partial charge in [0, 0.05) is 70.0 Å². The lowest BCUT2D eigenvalue weighted by atomic mass is 10.0. The van der Waals surface area contributed by atoms with E-state index in [4.69, 9.17) is 15.2 Å². The van der Waals surface area contributed by atoms with Crippen molar-refractivity contribution in [2.24, 2.45) is 5.73 Å². The lowest BCUT2D eigenvalue weighted by molar-refractivity contribution is 0.0700. The molecule has 1 unspecified atom stereocenters. The van der Waals surface area contributed by atoms with Gasteiger partial charge in [0.05, 0.1) is 13.2 Å². The Balaban J connectivity index is 2.02. The van der Waals surface area contributed by atoms with Crippen LogP contribution >= 0.6 is 0 Å². The summed E-state index contributed by atoms with van der Waals surface area (Å²) in [6.07, 6.45) is 13.1. The molecule has 6 N–H and O–H groups in total. The molecule has 0 spiro atoms. The smallest absolute Gasteiger partial charge is 0.122 e. The van der Waals surface area contributed by atoms with Crippen LogP contribution in [-0.4, -0.2) is 68.3 Å². The molecule has 2 aliphatic heterocycles. The average molecular weight is 425 g/mol. The minimum absolute atomic E-state index is 0.205. The number of rotatable bonds is 17. The lowest BCUT2D eigenvalue weighted by Crippen LogP contribution is -2.63. The van der Waals surface area contributed by atoms with Gasteiger partial charge < -0.3 is 36.5 Å². The maximum Gasteiger partial charge on any atom is 0.122 e. The van der Waals surface area contributed by atoms with Gasteiger partial charge >= 0.3 is 0 Å². The number of unbranched alkanes of at least 4 members (excludes halogenated alkanes) is 1. The Bertz CT molecular complexity index is 472. The van der Waals surface area contributed by atoms with Gasteiger partial charge in [0.1, 0.15) is 11.3 Å². The molecule has 0 aromatic heterocycles. The summed E-state index contributed by atoms with van der Waals surface area (Å²) in [5.74, 6) is 0. The van der Waals surface area contributed by atoms with Crippen LogP contribution in [0.25, 0.3) is 0 Å². The van der Waals surface area contributed by atoms with E-state index in [9.17, 15) is 0 Å². The fourth-order valence-corrected chi connectivity index (χ4v) is 4.08. The van der Waals surface area contributed by atoms with Crippen LogP contribution in [0, 0.1) is 0 Å². The van der Waals surface area contributed by atoms with Crippen LogP contribution < -0.4 is 27.0 Å². The van der Waals surface area contributed by atoms with Gasteiger partial charge in [0.2, 0.25) is 0 Å². The van der Waals surface area contributed by atoms with Crippen LogP contribution in [0.2, 0.25) is 0 Å². The third kappa shape index (κ3) is 8.34. The van der Waals surface area contributed by atoms with Gasteiger partial charge in [-0.25, -0.2) is 0 Å². The Morgan fingerprint density at radius 1 is 0.833 bits per heavy atom. The maximum atomic E-state index is 5.95. The van der Waals surface area contributed by atoms with Gasteiger partial charge in [0.15, 0.2) is 0 Å². The van der Waals surface area contributed by atoms with Crippen molar-refractivity contribution < 1.29 is 9.47 Å². The van der Waals surface area contributed by atoms with Crippen molar-refractivity contribution in [3.05, 3.63) is 24.8 Å². The van der Waals surface area contributed by atoms with Crippen molar-refractivity contribution in [1.29, 1.82) is 0 Å². The van der Waals surface area contributed by atoms with Gasteiger partial charge in [-0.2, -0.15) is 0 Å². The minimum atomic E-state index is -0.205. The van der Waals surface area contributed by atoms with Crippen LogP contribution in [0.15, 0.2) is 24.8 Å². The topological polar surface area (TPSA) is 95.8 Å². The van der Waals surface area contributed by atoms with Gasteiger partial charge in [-0.05, 0) is 40.2 Å². The second kappa shape index (κ2) is 13.0. The lowest BCUT2D eigenvalue weighted by Gasteiger charge is -2.41. The number of nitrogens with two attached hydrogens (primary N) is 1. The molecule has 0 aliphatic carbocycles. The maximum absolute atomic E-state index is 5.95. The molecule has 1 atom stereocenters. The molecule has 0 saturated heterocycles. The van der Waals surface area contributed by atoms with Gasteiger partial charge in [0.25, 0.3) is 0 Å².